The molecule has 0 spiro atoms. The van der Waals surface area contributed by atoms with Crippen molar-refractivity contribution in [2.45, 2.75) is 6.42 Å². The van der Waals surface area contributed by atoms with Crippen LogP contribution in [-0.4, -0.2) is 51.5 Å². The van der Waals surface area contributed by atoms with Gasteiger partial charge in [-0.1, -0.05) is 18.2 Å². The second-order valence-corrected chi connectivity index (χ2v) is 6.78. The molecule has 4 rings (SSSR count). The molecule has 0 bridgehead atoms. The lowest BCUT2D eigenvalue weighted by molar-refractivity contribution is -0.119. The Labute approximate surface area is 160 Å². The lowest BCUT2D eigenvalue weighted by atomic mass is 9.79. The molecule has 8 nitrogen and oxygen atoms in total. The van der Waals surface area contributed by atoms with Crippen LogP contribution in [0.25, 0.3) is 22.0 Å². The lowest BCUT2D eigenvalue weighted by Gasteiger charge is -2.16. The Morgan fingerprint density at radius 3 is 2.82 bits per heavy atom. The van der Waals surface area contributed by atoms with Crippen molar-refractivity contribution >= 4 is 29.4 Å². The Balaban J connectivity index is 1.70. The smallest absolute Gasteiger partial charge is 0.488 e. The van der Waals surface area contributed by atoms with Crippen LogP contribution in [0.1, 0.15) is 6.42 Å². The summed E-state index contributed by atoms with van der Waals surface area (Å²) in [6.07, 6.45) is 1.70. The van der Waals surface area contributed by atoms with Gasteiger partial charge in [-0.15, -0.1) is 0 Å². The number of hydrogen-bond donors (Lipinski definition) is 4. The van der Waals surface area contributed by atoms with Crippen LogP contribution >= 0.6 is 0 Å². The third-order valence-corrected chi connectivity index (χ3v) is 4.77. The number of carbonyl (C=O) groups excluding carboxylic acids is 1. The first kappa shape index (κ1) is 18.2. The first-order valence-corrected chi connectivity index (χ1v) is 8.85. The van der Waals surface area contributed by atoms with Crippen molar-refractivity contribution < 1.29 is 24.7 Å². The third-order valence-electron chi connectivity index (χ3n) is 4.77. The van der Waals surface area contributed by atoms with E-state index >= 15 is 0 Å². The fraction of sp³-hybridized carbons (Fsp3) is 0.211. The van der Waals surface area contributed by atoms with E-state index < -0.39 is 7.12 Å². The molecule has 28 heavy (non-hydrogen) atoms. The maximum atomic E-state index is 11.4. The van der Waals surface area contributed by atoms with E-state index in [1.165, 1.54) is 6.20 Å². The normalized spacial score (nSPS) is 16.2. The van der Waals surface area contributed by atoms with Gasteiger partial charge < -0.3 is 25.2 Å². The van der Waals surface area contributed by atoms with E-state index in [0.29, 0.717) is 47.3 Å². The summed E-state index contributed by atoms with van der Waals surface area (Å²) in [6, 6.07) is 10.1. The highest BCUT2D eigenvalue weighted by Gasteiger charge is 2.23. The molecule has 1 saturated heterocycles. The van der Waals surface area contributed by atoms with Gasteiger partial charge in [0.25, 0.3) is 0 Å². The molecule has 3 aromatic rings. The molecule has 0 radical (unpaired) electrons. The first-order chi connectivity index (χ1) is 13.5. The molecule has 142 valence electrons. The zero-order valence-corrected chi connectivity index (χ0v) is 14.9. The zero-order chi connectivity index (χ0) is 19.7. The molecule has 1 unspecified atom stereocenters. The van der Waals surface area contributed by atoms with Gasteiger partial charge in [-0.3, -0.25) is 4.79 Å². The molecular weight excluding hydrogens is 361 g/mol. The summed E-state index contributed by atoms with van der Waals surface area (Å²) in [5, 5.41) is 40.1. The van der Waals surface area contributed by atoms with Crippen molar-refractivity contribution in [1.29, 1.82) is 0 Å². The number of aromatic nitrogens is 2. The number of hydrogen-bond acceptors (Lipinski definition) is 7. The number of benzene rings is 2. The third kappa shape index (κ3) is 3.62. The summed E-state index contributed by atoms with van der Waals surface area (Å²) in [6.45, 7) is 0.938. The van der Waals surface area contributed by atoms with Gasteiger partial charge >= 0.3 is 7.12 Å². The molecule has 9 heteroatoms. The number of carbonyl (C=O) groups is 1. The predicted molar refractivity (Wildman–Crippen MR) is 103 cm³/mol. The Morgan fingerprint density at radius 2 is 2.07 bits per heavy atom. The first-order valence-electron chi connectivity index (χ1n) is 8.85. The van der Waals surface area contributed by atoms with Crippen molar-refractivity contribution in [3.05, 3.63) is 42.6 Å². The van der Waals surface area contributed by atoms with Crippen LogP contribution in [-0.2, 0) is 4.79 Å². The summed E-state index contributed by atoms with van der Waals surface area (Å²) in [7, 11) is -1.62. The summed E-state index contributed by atoms with van der Waals surface area (Å²) in [5.74, 6) is 0.686. The molecule has 1 amide bonds. The van der Waals surface area contributed by atoms with E-state index in [2.05, 4.69) is 15.5 Å². The molecule has 1 aliphatic rings. The largest absolute Gasteiger partial charge is 0.506 e. The standard InChI is InChI=1S/C19H18BN3O5/c24-17-9-22-23-16-6-12(1-3-14(16)17)15-7-13(20(26)27)2-4-18(15)28-10-11-5-19(25)21-8-11/h1-4,6-7,9,11,26-27H,5,8,10H2,(H,21,25)(H,23,24). The molecule has 4 N–H and O–H groups in total. The van der Waals surface area contributed by atoms with Gasteiger partial charge in [0, 0.05) is 29.8 Å². The number of nitrogens with one attached hydrogen (secondary N) is 1. The van der Waals surface area contributed by atoms with E-state index in [9.17, 15) is 19.9 Å². The van der Waals surface area contributed by atoms with Crippen LogP contribution in [0.15, 0.2) is 42.6 Å². The second-order valence-electron chi connectivity index (χ2n) is 6.78. The summed E-state index contributed by atoms with van der Waals surface area (Å²) in [5.41, 5.74) is 2.20. The Kier molecular flexibility index (Phi) is 4.85. The molecule has 2 aromatic carbocycles. The van der Waals surface area contributed by atoms with Crippen LogP contribution in [0.5, 0.6) is 11.5 Å². The monoisotopic (exact) mass is 379 g/mol. The highest BCUT2D eigenvalue weighted by Crippen LogP contribution is 2.33. The Morgan fingerprint density at radius 1 is 1.21 bits per heavy atom. The number of amides is 1. The SMILES string of the molecule is O=C1CC(COc2ccc(B(O)O)cc2-c2ccc3c(O)cnnc3c2)CN1. The van der Waals surface area contributed by atoms with E-state index in [0.717, 1.165) is 5.56 Å². The maximum absolute atomic E-state index is 11.4. The van der Waals surface area contributed by atoms with Crippen molar-refractivity contribution in [2.24, 2.45) is 5.92 Å². The zero-order valence-electron chi connectivity index (χ0n) is 14.9. The van der Waals surface area contributed by atoms with Crippen LogP contribution < -0.4 is 15.5 Å². The van der Waals surface area contributed by atoms with Gasteiger partial charge in [-0.2, -0.15) is 10.2 Å². The van der Waals surface area contributed by atoms with Crippen LogP contribution in [0.3, 0.4) is 0 Å². The van der Waals surface area contributed by atoms with Gasteiger partial charge in [0.05, 0.1) is 18.3 Å². The second kappa shape index (κ2) is 7.45. The van der Waals surface area contributed by atoms with Crippen molar-refractivity contribution in [3.8, 4) is 22.6 Å². The molecule has 0 saturated carbocycles. The summed E-state index contributed by atoms with van der Waals surface area (Å²) >= 11 is 0. The van der Waals surface area contributed by atoms with Gasteiger partial charge in [0.15, 0.2) is 0 Å². The Bertz CT molecular complexity index is 1040. The summed E-state index contributed by atoms with van der Waals surface area (Å²) in [4.78, 5) is 11.4. The van der Waals surface area contributed by atoms with Crippen molar-refractivity contribution in [3.63, 3.8) is 0 Å². The summed E-state index contributed by atoms with van der Waals surface area (Å²) < 4.78 is 5.95. The maximum Gasteiger partial charge on any atom is 0.488 e. The van der Waals surface area contributed by atoms with Crippen LogP contribution in [0.2, 0.25) is 0 Å². The van der Waals surface area contributed by atoms with Crippen LogP contribution in [0.4, 0.5) is 0 Å². The number of nitrogens with zero attached hydrogens (tertiary/aromatic N) is 2. The molecular formula is C19H18BN3O5. The van der Waals surface area contributed by atoms with Gasteiger partial charge in [0.2, 0.25) is 5.91 Å². The fourth-order valence-corrected chi connectivity index (χ4v) is 3.26. The molecule has 0 aliphatic carbocycles. The van der Waals surface area contributed by atoms with Gasteiger partial charge in [-0.25, -0.2) is 0 Å². The minimum Gasteiger partial charge on any atom is -0.506 e. The lowest BCUT2D eigenvalue weighted by Crippen LogP contribution is -2.29. The number of rotatable bonds is 5. The van der Waals surface area contributed by atoms with Crippen molar-refractivity contribution in [1.82, 2.24) is 15.5 Å². The fourth-order valence-electron chi connectivity index (χ4n) is 3.26. The average molecular weight is 379 g/mol. The highest BCUT2D eigenvalue weighted by molar-refractivity contribution is 6.58. The average Bonchev–Trinajstić information content (AvgIpc) is 3.11. The van der Waals surface area contributed by atoms with E-state index in [4.69, 9.17) is 4.74 Å². The van der Waals surface area contributed by atoms with E-state index in [-0.39, 0.29) is 17.6 Å². The Hall–Kier alpha value is -3.17. The molecule has 2 heterocycles. The topological polar surface area (TPSA) is 125 Å². The molecule has 1 aliphatic heterocycles. The molecule has 1 atom stereocenters. The predicted octanol–water partition coefficient (Wildman–Crippen LogP) is 0.197. The number of ether oxygens (including phenoxy) is 1. The minimum atomic E-state index is -1.62. The van der Waals surface area contributed by atoms with Crippen molar-refractivity contribution in [2.75, 3.05) is 13.2 Å². The van der Waals surface area contributed by atoms with E-state index in [1.54, 1.807) is 36.4 Å². The molecule has 1 aromatic heterocycles. The van der Waals surface area contributed by atoms with Crippen LogP contribution in [0, 0.1) is 5.92 Å². The number of fused-ring (bicyclic) bond motifs is 1. The van der Waals surface area contributed by atoms with Gasteiger partial charge in [-0.05, 0) is 29.2 Å². The highest BCUT2D eigenvalue weighted by atomic mass is 16.5. The quantitative estimate of drug-likeness (QED) is 0.467. The van der Waals surface area contributed by atoms with Gasteiger partial charge in [0.1, 0.15) is 11.5 Å². The minimum absolute atomic E-state index is 0.0143. The van der Waals surface area contributed by atoms with E-state index in [1.807, 2.05) is 0 Å². The molecule has 1 fully saturated rings. The number of aromatic hydroxyl groups is 1.